The maximum Gasteiger partial charge on any atom is 0.338 e. The number of benzene rings is 1. The molecular formula is C24H34N2O6. The van der Waals surface area contributed by atoms with Crippen molar-refractivity contribution in [3.8, 4) is 0 Å². The molecule has 0 atom stereocenters. The number of ether oxygens (including phenoxy) is 2. The van der Waals surface area contributed by atoms with Crippen LogP contribution >= 0.6 is 0 Å². The van der Waals surface area contributed by atoms with Crippen molar-refractivity contribution in [2.75, 3.05) is 18.5 Å². The van der Waals surface area contributed by atoms with Crippen LogP contribution in [-0.4, -0.2) is 43.0 Å². The maximum atomic E-state index is 12.0. The molecule has 1 aromatic carbocycles. The van der Waals surface area contributed by atoms with Gasteiger partial charge in [0.25, 0.3) is 5.91 Å². The smallest absolute Gasteiger partial charge is 0.338 e. The Morgan fingerprint density at radius 1 is 0.906 bits per heavy atom. The number of hydrogen-bond acceptors (Lipinski definition) is 6. The van der Waals surface area contributed by atoms with Gasteiger partial charge in [-0.05, 0) is 49.9 Å². The summed E-state index contributed by atoms with van der Waals surface area (Å²) in [5.74, 6) is -1.44. The van der Waals surface area contributed by atoms with E-state index in [0.717, 1.165) is 38.5 Å². The van der Waals surface area contributed by atoms with Gasteiger partial charge in [0.15, 0.2) is 6.61 Å². The van der Waals surface area contributed by atoms with E-state index in [-0.39, 0.29) is 24.8 Å². The molecule has 1 aliphatic carbocycles. The lowest BCUT2D eigenvalue weighted by Gasteiger charge is -2.22. The van der Waals surface area contributed by atoms with Crippen molar-refractivity contribution in [3.05, 3.63) is 29.8 Å². The Balaban J connectivity index is 1.60. The van der Waals surface area contributed by atoms with Crippen molar-refractivity contribution < 1.29 is 28.7 Å². The van der Waals surface area contributed by atoms with E-state index in [2.05, 4.69) is 10.6 Å². The third kappa shape index (κ3) is 9.94. The Morgan fingerprint density at radius 2 is 1.62 bits per heavy atom. The van der Waals surface area contributed by atoms with Crippen molar-refractivity contribution in [2.45, 2.75) is 77.2 Å². The fourth-order valence-electron chi connectivity index (χ4n) is 3.44. The number of carbonyl (C=O) groups is 4. The molecule has 1 fully saturated rings. The first kappa shape index (κ1) is 25.4. The van der Waals surface area contributed by atoms with Crippen LogP contribution in [0.2, 0.25) is 0 Å². The average Bonchev–Trinajstić information content (AvgIpc) is 2.79. The van der Waals surface area contributed by atoms with Crippen molar-refractivity contribution in [1.82, 2.24) is 5.32 Å². The minimum atomic E-state index is -0.518. The molecule has 1 aliphatic rings. The molecule has 8 nitrogen and oxygen atoms in total. The molecule has 8 heteroatoms. The number of carbonyl (C=O) groups excluding carboxylic acids is 4. The highest BCUT2D eigenvalue weighted by molar-refractivity contribution is 5.94. The third-order valence-corrected chi connectivity index (χ3v) is 5.25. The van der Waals surface area contributed by atoms with E-state index in [9.17, 15) is 19.2 Å². The normalized spacial score (nSPS) is 13.8. The van der Waals surface area contributed by atoms with E-state index in [1.165, 1.54) is 6.42 Å². The topological polar surface area (TPSA) is 111 Å². The number of hydrogen-bond donors (Lipinski definition) is 2. The molecule has 2 amide bonds. The SMILES string of the molecule is CCCCOC(=O)c1ccc(NC(=O)COC(=O)CCCC(=O)NC2CCCCC2)cc1. The standard InChI is InChI=1S/C24H34N2O6/c1-2-3-16-31-24(30)18-12-14-20(15-13-18)26-22(28)17-32-23(29)11-7-10-21(27)25-19-8-5-4-6-9-19/h12-15,19H,2-11,16-17H2,1H3,(H,25,27)(H,26,28). The summed E-state index contributed by atoms with van der Waals surface area (Å²) >= 11 is 0. The summed E-state index contributed by atoms with van der Waals surface area (Å²) in [7, 11) is 0. The Kier molecular flexibility index (Phi) is 11.3. The van der Waals surface area contributed by atoms with Crippen LogP contribution in [0.4, 0.5) is 5.69 Å². The fraction of sp³-hybridized carbons (Fsp3) is 0.583. The van der Waals surface area contributed by atoms with E-state index in [1.54, 1.807) is 24.3 Å². The van der Waals surface area contributed by atoms with Gasteiger partial charge < -0.3 is 20.1 Å². The van der Waals surface area contributed by atoms with Gasteiger partial charge in [-0.15, -0.1) is 0 Å². The van der Waals surface area contributed by atoms with Gasteiger partial charge in [-0.25, -0.2) is 4.79 Å². The van der Waals surface area contributed by atoms with Gasteiger partial charge in [0.05, 0.1) is 12.2 Å². The van der Waals surface area contributed by atoms with Crippen molar-refractivity contribution in [3.63, 3.8) is 0 Å². The van der Waals surface area contributed by atoms with Crippen LogP contribution in [0, 0.1) is 0 Å². The quantitative estimate of drug-likeness (QED) is 0.374. The molecule has 1 aromatic rings. The molecule has 1 saturated carbocycles. The van der Waals surface area contributed by atoms with E-state index >= 15 is 0 Å². The minimum absolute atomic E-state index is 0.0415. The van der Waals surface area contributed by atoms with Gasteiger partial charge in [0, 0.05) is 24.6 Å². The Labute approximate surface area is 189 Å². The molecule has 0 saturated heterocycles. The second kappa shape index (κ2) is 14.2. The van der Waals surface area contributed by atoms with Crippen LogP contribution in [0.3, 0.4) is 0 Å². The van der Waals surface area contributed by atoms with Gasteiger partial charge in [-0.1, -0.05) is 32.6 Å². The maximum absolute atomic E-state index is 12.0. The second-order valence-corrected chi connectivity index (χ2v) is 8.03. The molecule has 2 rings (SSSR count). The lowest BCUT2D eigenvalue weighted by molar-refractivity contribution is -0.147. The first-order valence-electron chi connectivity index (χ1n) is 11.5. The largest absolute Gasteiger partial charge is 0.462 e. The Bertz CT molecular complexity index is 756. The molecule has 0 aliphatic heterocycles. The fourth-order valence-corrected chi connectivity index (χ4v) is 3.44. The minimum Gasteiger partial charge on any atom is -0.462 e. The molecule has 0 aromatic heterocycles. The Morgan fingerprint density at radius 3 is 2.31 bits per heavy atom. The summed E-state index contributed by atoms with van der Waals surface area (Å²) in [5.41, 5.74) is 0.883. The monoisotopic (exact) mass is 446 g/mol. The van der Waals surface area contributed by atoms with Crippen LogP contribution in [0.1, 0.15) is 81.5 Å². The molecule has 2 N–H and O–H groups in total. The Hall–Kier alpha value is -2.90. The van der Waals surface area contributed by atoms with Gasteiger partial charge in [0.2, 0.25) is 5.91 Å². The van der Waals surface area contributed by atoms with Crippen LogP contribution in [-0.2, 0) is 23.9 Å². The van der Waals surface area contributed by atoms with Crippen molar-refractivity contribution >= 4 is 29.4 Å². The molecule has 0 unspecified atom stereocenters. The molecule has 32 heavy (non-hydrogen) atoms. The van der Waals surface area contributed by atoms with Gasteiger partial charge in [0.1, 0.15) is 0 Å². The van der Waals surface area contributed by atoms with Gasteiger partial charge >= 0.3 is 11.9 Å². The number of anilines is 1. The third-order valence-electron chi connectivity index (χ3n) is 5.25. The highest BCUT2D eigenvalue weighted by atomic mass is 16.5. The molecule has 0 spiro atoms. The number of nitrogens with one attached hydrogen (secondary N) is 2. The van der Waals surface area contributed by atoms with Crippen molar-refractivity contribution in [1.29, 1.82) is 0 Å². The first-order valence-corrected chi connectivity index (χ1v) is 11.5. The zero-order valence-electron chi connectivity index (χ0n) is 18.8. The van der Waals surface area contributed by atoms with E-state index in [1.807, 2.05) is 6.92 Å². The lowest BCUT2D eigenvalue weighted by atomic mass is 9.95. The van der Waals surface area contributed by atoms with E-state index in [0.29, 0.717) is 24.3 Å². The molecule has 176 valence electrons. The molecule has 0 heterocycles. The van der Waals surface area contributed by atoms with E-state index in [4.69, 9.17) is 9.47 Å². The molecule has 0 radical (unpaired) electrons. The highest BCUT2D eigenvalue weighted by Gasteiger charge is 2.16. The predicted octanol–water partition coefficient (Wildman–Crippen LogP) is 3.74. The number of esters is 2. The highest BCUT2D eigenvalue weighted by Crippen LogP contribution is 2.17. The number of rotatable bonds is 12. The molecule has 0 bridgehead atoms. The van der Waals surface area contributed by atoms with E-state index < -0.39 is 24.5 Å². The van der Waals surface area contributed by atoms with Crippen molar-refractivity contribution in [2.24, 2.45) is 0 Å². The summed E-state index contributed by atoms with van der Waals surface area (Å²) in [6.07, 6.45) is 8.06. The van der Waals surface area contributed by atoms with Gasteiger partial charge in [-0.3, -0.25) is 14.4 Å². The number of unbranched alkanes of at least 4 members (excludes halogenated alkanes) is 1. The van der Waals surface area contributed by atoms with Gasteiger partial charge in [-0.2, -0.15) is 0 Å². The average molecular weight is 447 g/mol. The predicted molar refractivity (Wildman–Crippen MR) is 120 cm³/mol. The summed E-state index contributed by atoms with van der Waals surface area (Å²) in [6, 6.07) is 6.55. The summed E-state index contributed by atoms with van der Waals surface area (Å²) in [4.78, 5) is 47.6. The second-order valence-electron chi connectivity index (χ2n) is 8.03. The number of amides is 2. The van der Waals surface area contributed by atoms with Crippen LogP contribution in [0.15, 0.2) is 24.3 Å². The first-order chi connectivity index (χ1) is 15.5. The van der Waals surface area contributed by atoms with Crippen LogP contribution in [0.25, 0.3) is 0 Å². The van der Waals surface area contributed by atoms with Crippen LogP contribution < -0.4 is 10.6 Å². The zero-order valence-corrected chi connectivity index (χ0v) is 18.8. The summed E-state index contributed by atoms with van der Waals surface area (Å²) in [5, 5.41) is 5.61. The molecular weight excluding hydrogens is 412 g/mol. The summed E-state index contributed by atoms with van der Waals surface area (Å²) < 4.78 is 10.1. The zero-order chi connectivity index (χ0) is 23.2. The summed E-state index contributed by atoms with van der Waals surface area (Å²) in [6.45, 7) is 1.98. The lowest BCUT2D eigenvalue weighted by Crippen LogP contribution is -2.36. The van der Waals surface area contributed by atoms with Crippen LogP contribution in [0.5, 0.6) is 0 Å².